The molecule has 1 aliphatic rings. The van der Waals surface area contributed by atoms with E-state index in [4.69, 9.17) is 0 Å². The molecule has 3 aromatic rings. The quantitative estimate of drug-likeness (QED) is 0.683. The monoisotopic (exact) mass is 406 g/mol. The van der Waals surface area contributed by atoms with Gasteiger partial charge in [0.1, 0.15) is 5.39 Å². The maximum absolute atomic E-state index is 13.2. The van der Waals surface area contributed by atoms with E-state index in [0.717, 1.165) is 48.5 Å². The van der Waals surface area contributed by atoms with Gasteiger partial charge in [-0.3, -0.25) is 9.69 Å². The number of rotatable bonds is 3. The van der Waals surface area contributed by atoms with Gasteiger partial charge >= 0.3 is 0 Å². The van der Waals surface area contributed by atoms with Gasteiger partial charge in [0.15, 0.2) is 0 Å². The second kappa shape index (κ2) is 7.42. The minimum Gasteiger partial charge on any atom is -0.332 e. The largest absolute Gasteiger partial charge is 0.332 e. The van der Waals surface area contributed by atoms with Crippen LogP contribution in [0.25, 0.3) is 11.0 Å². The van der Waals surface area contributed by atoms with Gasteiger partial charge in [-0.25, -0.2) is 4.98 Å². The Balaban J connectivity index is 1.47. The summed E-state index contributed by atoms with van der Waals surface area (Å²) >= 11 is 0. The number of hydrogen-bond donors (Lipinski definition) is 2. The molecular formula is C24H32N5O+. The van der Waals surface area contributed by atoms with Crippen molar-refractivity contribution in [3.8, 4) is 0 Å². The van der Waals surface area contributed by atoms with E-state index in [1.807, 2.05) is 18.3 Å². The Morgan fingerprint density at radius 2 is 2.00 bits per heavy atom. The predicted octanol–water partition coefficient (Wildman–Crippen LogP) is 4.23. The van der Waals surface area contributed by atoms with E-state index < -0.39 is 0 Å². The van der Waals surface area contributed by atoms with Crippen LogP contribution >= 0.6 is 0 Å². The average molecular weight is 407 g/mol. The normalized spacial score (nSPS) is 16.6. The molecule has 0 unspecified atom stereocenters. The van der Waals surface area contributed by atoms with Crippen molar-refractivity contribution in [2.45, 2.75) is 52.9 Å². The Morgan fingerprint density at radius 3 is 2.70 bits per heavy atom. The molecule has 0 atom stereocenters. The summed E-state index contributed by atoms with van der Waals surface area (Å²) in [6.07, 6.45) is 5.33. The van der Waals surface area contributed by atoms with E-state index in [1.165, 1.54) is 11.1 Å². The smallest absolute Gasteiger partial charge is 0.234 e. The topological polar surface area (TPSA) is 75.2 Å². The molecule has 6 nitrogen and oxygen atoms in total. The summed E-state index contributed by atoms with van der Waals surface area (Å²) in [6, 6.07) is 8.20. The lowest BCUT2D eigenvalue weighted by Crippen LogP contribution is -2.46. The summed E-state index contributed by atoms with van der Waals surface area (Å²) in [6.45, 7) is 12.4. The molecule has 1 amide bonds. The van der Waals surface area contributed by atoms with Gasteiger partial charge in [0, 0.05) is 11.9 Å². The van der Waals surface area contributed by atoms with Gasteiger partial charge in [-0.2, -0.15) is 0 Å². The molecular weight excluding hydrogens is 374 g/mol. The average Bonchev–Trinajstić information content (AvgIpc) is 3.09. The van der Waals surface area contributed by atoms with Gasteiger partial charge < -0.3 is 10.3 Å². The number of piperidine rings is 1. The van der Waals surface area contributed by atoms with Crippen molar-refractivity contribution < 1.29 is 9.78 Å². The fraction of sp³-hybridized carbons (Fsp3) is 0.458. The minimum absolute atomic E-state index is 0.0543. The Kier molecular flexibility index (Phi) is 5.04. The van der Waals surface area contributed by atoms with Gasteiger partial charge in [-0.1, -0.05) is 44.8 Å². The highest BCUT2D eigenvalue weighted by atomic mass is 16.2. The van der Waals surface area contributed by atoms with Gasteiger partial charge in [0.2, 0.25) is 23.7 Å². The van der Waals surface area contributed by atoms with Crippen molar-refractivity contribution in [2.75, 3.05) is 23.3 Å². The Labute approximate surface area is 178 Å². The number of aromatic amines is 2. The third kappa shape index (κ3) is 3.78. The second-order valence-electron chi connectivity index (χ2n) is 9.78. The molecule has 0 bridgehead atoms. The molecule has 158 valence electrons. The number of carbonyl (C=O) groups is 1. The number of nitrogens with zero attached hydrogens (tertiary/aromatic N) is 2. The van der Waals surface area contributed by atoms with Crippen LogP contribution in [0, 0.1) is 12.3 Å². The van der Waals surface area contributed by atoms with Crippen LogP contribution in [0.2, 0.25) is 0 Å². The van der Waals surface area contributed by atoms with E-state index in [0.29, 0.717) is 0 Å². The number of hydrogen-bond acceptors (Lipinski definition) is 3. The maximum Gasteiger partial charge on any atom is 0.234 e. The van der Waals surface area contributed by atoms with E-state index in [1.54, 1.807) is 6.33 Å². The first-order valence-corrected chi connectivity index (χ1v) is 10.7. The highest BCUT2D eigenvalue weighted by Crippen LogP contribution is 2.35. The fourth-order valence-corrected chi connectivity index (χ4v) is 4.18. The summed E-state index contributed by atoms with van der Waals surface area (Å²) < 4.78 is 0. The molecule has 0 radical (unpaired) electrons. The Morgan fingerprint density at radius 1 is 1.27 bits per heavy atom. The van der Waals surface area contributed by atoms with Crippen LogP contribution in [0.5, 0.6) is 0 Å². The standard InChI is InChI=1S/C24H31N5O/c1-16-14-25-20-19(16)21(27-15-26-20)29-11-9-24(5,10-12-29)22(30)28-18-8-6-7-17(13-18)23(2,3)4/h6-8,13-15H,9-12H2,1-5H3,(H,28,30)(H,25,26,27)/p+1. The molecule has 0 spiro atoms. The summed E-state index contributed by atoms with van der Waals surface area (Å²) in [5.41, 5.74) is 3.84. The molecule has 1 aliphatic heterocycles. The van der Waals surface area contributed by atoms with Crippen LogP contribution in [-0.2, 0) is 10.2 Å². The molecule has 1 saturated heterocycles. The van der Waals surface area contributed by atoms with E-state index >= 15 is 0 Å². The molecule has 1 aromatic carbocycles. The minimum atomic E-state index is -0.381. The highest BCUT2D eigenvalue weighted by molar-refractivity contribution is 5.95. The Bertz CT molecular complexity index is 1070. The van der Waals surface area contributed by atoms with E-state index in [-0.39, 0.29) is 16.7 Å². The summed E-state index contributed by atoms with van der Waals surface area (Å²) in [7, 11) is 0. The molecule has 30 heavy (non-hydrogen) atoms. The lowest BCUT2D eigenvalue weighted by molar-refractivity contribution is -0.367. The third-order valence-corrected chi connectivity index (χ3v) is 6.41. The Hall–Kier alpha value is -2.89. The van der Waals surface area contributed by atoms with Gasteiger partial charge in [-0.15, -0.1) is 0 Å². The molecule has 3 heterocycles. The maximum atomic E-state index is 13.2. The zero-order valence-electron chi connectivity index (χ0n) is 18.6. The highest BCUT2D eigenvalue weighted by Gasteiger charge is 2.39. The molecule has 1 fully saturated rings. The number of amides is 1. The summed E-state index contributed by atoms with van der Waals surface area (Å²) in [4.78, 5) is 26.4. The molecule has 4 rings (SSSR count). The van der Waals surface area contributed by atoms with Crippen LogP contribution in [0.3, 0.4) is 0 Å². The number of carbonyl (C=O) groups excluding carboxylic acids is 1. The SMILES string of the molecule is Cc1c[nH]c2nc[nH+]c(N3CCC(C)(C(=O)Nc4cccc(C(C)(C)C)c4)CC3)c12. The van der Waals surface area contributed by atoms with Gasteiger partial charge in [-0.05, 0) is 48.4 Å². The second-order valence-corrected chi connectivity index (χ2v) is 9.78. The summed E-state index contributed by atoms with van der Waals surface area (Å²) in [5, 5.41) is 4.30. The lowest BCUT2D eigenvalue weighted by atomic mass is 9.79. The first-order valence-electron chi connectivity index (χ1n) is 10.7. The summed E-state index contributed by atoms with van der Waals surface area (Å²) in [5.74, 6) is 1.19. The first kappa shape index (κ1) is 20.4. The van der Waals surface area contributed by atoms with Gasteiger partial charge in [0.25, 0.3) is 0 Å². The zero-order valence-corrected chi connectivity index (χ0v) is 18.6. The molecule has 6 heteroatoms. The van der Waals surface area contributed by atoms with E-state index in [2.05, 4.69) is 71.9 Å². The first-order chi connectivity index (χ1) is 14.2. The number of aromatic nitrogens is 3. The number of H-pyrrole nitrogens is 2. The van der Waals surface area contributed by atoms with E-state index in [9.17, 15) is 4.79 Å². The number of benzene rings is 1. The van der Waals surface area contributed by atoms with Crippen LogP contribution in [0.15, 0.2) is 36.8 Å². The molecule has 3 N–H and O–H groups in total. The van der Waals surface area contributed by atoms with Crippen molar-refractivity contribution in [2.24, 2.45) is 5.41 Å². The molecule has 2 aromatic heterocycles. The van der Waals surface area contributed by atoms with Crippen molar-refractivity contribution in [3.05, 3.63) is 47.9 Å². The van der Waals surface area contributed by atoms with Gasteiger partial charge in [0.05, 0.1) is 18.5 Å². The number of anilines is 2. The van der Waals surface area contributed by atoms with Crippen LogP contribution in [0.1, 0.15) is 51.7 Å². The van der Waals surface area contributed by atoms with Crippen LogP contribution in [0.4, 0.5) is 11.5 Å². The van der Waals surface area contributed by atoms with Crippen LogP contribution in [-0.4, -0.2) is 29.0 Å². The van der Waals surface area contributed by atoms with Crippen molar-refractivity contribution in [1.82, 2.24) is 9.97 Å². The number of nitrogens with one attached hydrogen (secondary N) is 3. The fourth-order valence-electron chi connectivity index (χ4n) is 4.18. The zero-order chi connectivity index (χ0) is 21.5. The van der Waals surface area contributed by atoms with Crippen molar-refractivity contribution in [1.29, 1.82) is 0 Å². The van der Waals surface area contributed by atoms with Crippen molar-refractivity contribution >= 4 is 28.4 Å². The molecule has 0 aliphatic carbocycles. The molecule has 0 saturated carbocycles. The predicted molar refractivity (Wildman–Crippen MR) is 121 cm³/mol. The van der Waals surface area contributed by atoms with Crippen LogP contribution < -0.4 is 15.2 Å². The lowest BCUT2D eigenvalue weighted by Gasteiger charge is -2.36. The number of aryl methyl sites for hydroxylation is 1. The third-order valence-electron chi connectivity index (χ3n) is 6.41. The number of fused-ring (bicyclic) bond motifs is 1. The van der Waals surface area contributed by atoms with Crippen molar-refractivity contribution in [3.63, 3.8) is 0 Å².